The number of nitrogens with zero attached hydrogens (tertiary/aromatic N) is 1. The lowest BCUT2D eigenvalue weighted by molar-refractivity contribution is 0.669. The van der Waals surface area contributed by atoms with Crippen LogP contribution < -0.4 is 4.90 Å². The highest BCUT2D eigenvalue weighted by atomic mass is 32.1. The fourth-order valence-corrected chi connectivity index (χ4v) is 10.5. The summed E-state index contributed by atoms with van der Waals surface area (Å²) in [5.74, 6) is 0. The van der Waals surface area contributed by atoms with Crippen LogP contribution in [0.25, 0.3) is 97.7 Å². The Kier molecular flexibility index (Phi) is 9.06. The van der Waals surface area contributed by atoms with E-state index in [0.717, 1.165) is 61.3 Å². The standard InChI is InChI=1S/C60H39NOS/c1-3-14-40(15-4-1)42-28-30-45(31-29-42)58-49(50-22-12-25-55-59(50)51-18-7-9-24-54(51)62-55)21-11-23-53(58)61(46-36-32-43(33-37-46)41-16-5-2-6-17-41)47-38-34-44(35-39-47)48-20-13-27-57-60(48)52-19-8-10-26-56(52)63-57/h1-39H. The second-order valence-electron chi connectivity index (χ2n) is 16.0. The van der Waals surface area contributed by atoms with E-state index in [1.54, 1.807) is 0 Å². The number of rotatable bonds is 8. The van der Waals surface area contributed by atoms with Crippen molar-refractivity contribution in [3.05, 3.63) is 237 Å². The van der Waals surface area contributed by atoms with Crippen LogP contribution in [-0.4, -0.2) is 0 Å². The van der Waals surface area contributed by atoms with E-state index in [-0.39, 0.29) is 0 Å². The van der Waals surface area contributed by atoms with Crippen molar-refractivity contribution in [3.8, 4) is 55.6 Å². The van der Waals surface area contributed by atoms with Gasteiger partial charge >= 0.3 is 0 Å². The Bertz CT molecular complexity index is 3590. The average Bonchev–Trinajstić information content (AvgIpc) is 3.94. The molecule has 0 N–H and O–H groups in total. The number of thiophene rings is 1. The molecule has 0 aliphatic heterocycles. The maximum atomic E-state index is 6.47. The fraction of sp³-hybridized carbons (Fsp3) is 0. The topological polar surface area (TPSA) is 16.4 Å². The Morgan fingerprint density at radius 3 is 1.51 bits per heavy atom. The molecule has 63 heavy (non-hydrogen) atoms. The first-order valence-corrected chi connectivity index (χ1v) is 22.2. The first-order chi connectivity index (χ1) is 31.2. The summed E-state index contributed by atoms with van der Waals surface area (Å²) in [6, 6.07) is 85.4. The smallest absolute Gasteiger partial charge is 0.136 e. The molecule has 0 fully saturated rings. The molecule has 0 atom stereocenters. The molecule has 296 valence electrons. The minimum atomic E-state index is 0.877. The summed E-state index contributed by atoms with van der Waals surface area (Å²) in [6.07, 6.45) is 0. The lowest BCUT2D eigenvalue weighted by atomic mass is 9.89. The SMILES string of the molecule is c1ccc(-c2ccc(-c3c(-c4cccc5oc6ccccc6c45)cccc3N(c3ccc(-c4ccccc4)cc3)c3ccc(-c4cccc5sc6ccccc6c45)cc3)cc2)cc1. The molecule has 2 nitrogen and oxygen atoms in total. The van der Waals surface area contributed by atoms with Gasteiger partial charge in [-0.1, -0.05) is 182 Å². The van der Waals surface area contributed by atoms with Crippen LogP contribution >= 0.6 is 11.3 Å². The van der Waals surface area contributed by atoms with Crippen molar-refractivity contribution in [2.75, 3.05) is 4.90 Å². The van der Waals surface area contributed by atoms with Gasteiger partial charge in [0.05, 0.1) is 5.69 Å². The van der Waals surface area contributed by atoms with Crippen LogP contribution in [-0.2, 0) is 0 Å². The van der Waals surface area contributed by atoms with Gasteiger partial charge in [-0.2, -0.15) is 0 Å². The first kappa shape index (κ1) is 36.8. The summed E-state index contributed by atoms with van der Waals surface area (Å²) in [5, 5.41) is 4.84. The molecule has 0 aliphatic rings. The second kappa shape index (κ2) is 15.5. The van der Waals surface area contributed by atoms with Gasteiger partial charge in [-0.15, -0.1) is 11.3 Å². The predicted molar refractivity (Wildman–Crippen MR) is 268 cm³/mol. The number of anilines is 3. The highest BCUT2D eigenvalue weighted by molar-refractivity contribution is 7.25. The Labute approximate surface area is 370 Å². The minimum Gasteiger partial charge on any atom is -0.456 e. The Balaban J connectivity index is 1.08. The van der Waals surface area contributed by atoms with E-state index in [2.05, 4.69) is 235 Å². The van der Waals surface area contributed by atoms with Crippen molar-refractivity contribution in [2.45, 2.75) is 0 Å². The third-order valence-electron chi connectivity index (χ3n) is 12.3. The molecule has 0 saturated heterocycles. The predicted octanol–water partition coefficient (Wildman–Crippen LogP) is 17.8. The number of benzene rings is 10. The lowest BCUT2D eigenvalue weighted by Gasteiger charge is -2.30. The first-order valence-electron chi connectivity index (χ1n) is 21.4. The Morgan fingerprint density at radius 2 is 0.794 bits per heavy atom. The summed E-state index contributed by atoms with van der Waals surface area (Å²) in [4.78, 5) is 2.43. The second-order valence-corrected chi connectivity index (χ2v) is 17.1. The summed E-state index contributed by atoms with van der Waals surface area (Å²) >= 11 is 1.86. The van der Waals surface area contributed by atoms with Crippen LogP contribution in [0.1, 0.15) is 0 Å². The molecule has 3 heteroatoms. The zero-order valence-electron chi connectivity index (χ0n) is 34.3. The monoisotopic (exact) mass is 821 g/mol. The van der Waals surface area contributed by atoms with E-state index in [4.69, 9.17) is 4.42 Å². The molecule has 2 aromatic heterocycles. The van der Waals surface area contributed by atoms with Crippen LogP contribution in [0.4, 0.5) is 17.1 Å². The van der Waals surface area contributed by atoms with E-state index < -0.39 is 0 Å². The van der Waals surface area contributed by atoms with E-state index >= 15 is 0 Å². The fourth-order valence-electron chi connectivity index (χ4n) is 9.38. The number of hydrogen-bond donors (Lipinski definition) is 0. The van der Waals surface area contributed by atoms with Gasteiger partial charge in [0.2, 0.25) is 0 Å². The van der Waals surface area contributed by atoms with Crippen molar-refractivity contribution in [1.82, 2.24) is 0 Å². The molecule has 12 aromatic rings. The van der Waals surface area contributed by atoms with Gasteiger partial charge in [-0.05, 0) is 105 Å². The largest absolute Gasteiger partial charge is 0.456 e. The van der Waals surface area contributed by atoms with Gasteiger partial charge in [0, 0.05) is 47.9 Å². The van der Waals surface area contributed by atoms with Gasteiger partial charge in [-0.3, -0.25) is 0 Å². The summed E-state index contributed by atoms with van der Waals surface area (Å²) < 4.78 is 9.09. The van der Waals surface area contributed by atoms with Crippen LogP contribution in [0.2, 0.25) is 0 Å². The lowest BCUT2D eigenvalue weighted by Crippen LogP contribution is -2.12. The van der Waals surface area contributed by atoms with Gasteiger partial charge in [0.15, 0.2) is 0 Å². The Morgan fingerprint density at radius 1 is 0.302 bits per heavy atom. The quantitative estimate of drug-likeness (QED) is 0.152. The van der Waals surface area contributed by atoms with Crippen molar-refractivity contribution < 1.29 is 4.42 Å². The van der Waals surface area contributed by atoms with E-state index in [0.29, 0.717) is 0 Å². The highest BCUT2D eigenvalue weighted by Gasteiger charge is 2.23. The summed E-state index contributed by atoms with van der Waals surface area (Å²) in [5.41, 5.74) is 16.7. The molecule has 0 aliphatic carbocycles. The van der Waals surface area contributed by atoms with E-state index in [9.17, 15) is 0 Å². The normalized spacial score (nSPS) is 11.5. The van der Waals surface area contributed by atoms with Crippen LogP contribution in [0, 0.1) is 0 Å². The molecule has 0 unspecified atom stereocenters. The van der Waals surface area contributed by atoms with Crippen LogP contribution in [0.3, 0.4) is 0 Å². The molecule has 0 radical (unpaired) electrons. The molecular weight excluding hydrogens is 783 g/mol. The molecule has 2 heterocycles. The third-order valence-corrected chi connectivity index (χ3v) is 13.5. The van der Waals surface area contributed by atoms with Gasteiger partial charge < -0.3 is 9.32 Å². The maximum absolute atomic E-state index is 6.47. The molecule has 12 rings (SSSR count). The number of hydrogen-bond acceptors (Lipinski definition) is 3. The summed E-state index contributed by atoms with van der Waals surface area (Å²) in [6.45, 7) is 0. The molecule has 0 bridgehead atoms. The van der Waals surface area contributed by atoms with Crippen molar-refractivity contribution in [3.63, 3.8) is 0 Å². The number of fused-ring (bicyclic) bond motifs is 6. The molecular formula is C60H39NOS. The third kappa shape index (κ3) is 6.50. The van der Waals surface area contributed by atoms with E-state index in [1.807, 2.05) is 17.4 Å². The molecule has 0 amide bonds. The number of furan rings is 1. The average molecular weight is 822 g/mol. The van der Waals surface area contributed by atoms with Gasteiger partial charge in [0.1, 0.15) is 11.2 Å². The minimum absolute atomic E-state index is 0.877. The zero-order chi connectivity index (χ0) is 41.7. The van der Waals surface area contributed by atoms with Gasteiger partial charge in [-0.25, -0.2) is 0 Å². The Hall–Kier alpha value is -7.98. The van der Waals surface area contributed by atoms with Crippen LogP contribution in [0.5, 0.6) is 0 Å². The summed E-state index contributed by atoms with van der Waals surface area (Å²) in [7, 11) is 0. The molecule has 10 aromatic carbocycles. The van der Waals surface area contributed by atoms with E-state index in [1.165, 1.54) is 53.6 Å². The molecule has 0 spiro atoms. The molecule has 0 saturated carbocycles. The van der Waals surface area contributed by atoms with Crippen molar-refractivity contribution in [2.24, 2.45) is 0 Å². The van der Waals surface area contributed by atoms with Crippen molar-refractivity contribution >= 4 is 70.5 Å². The van der Waals surface area contributed by atoms with Crippen LogP contribution in [0.15, 0.2) is 241 Å². The van der Waals surface area contributed by atoms with Gasteiger partial charge in [0.25, 0.3) is 0 Å². The zero-order valence-corrected chi connectivity index (χ0v) is 35.1. The maximum Gasteiger partial charge on any atom is 0.136 e. The van der Waals surface area contributed by atoms with Crippen molar-refractivity contribution in [1.29, 1.82) is 0 Å². The highest BCUT2D eigenvalue weighted by Crippen LogP contribution is 2.49. The number of para-hydroxylation sites is 1.